The number of benzene rings is 5. The van der Waals surface area contributed by atoms with Crippen molar-refractivity contribution in [3.8, 4) is 22.6 Å². The molecule has 0 amide bonds. The smallest absolute Gasteiger partial charge is 0.526 e. The minimum absolute atomic E-state index is 0.293. The highest BCUT2D eigenvalue weighted by atomic mass is 16.5. The van der Waals surface area contributed by atoms with Gasteiger partial charge in [-0.3, -0.25) is 4.98 Å². The van der Waals surface area contributed by atoms with Gasteiger partial charge in [-0.2, -0.15) is 0 Å². The van der Waals surface area contributed by atoms with E-state index in [2.05, 4.69) is 105 Å². The summed E-state index contributed by atoms with van der Waals surface area (Å²) in [6.45, 7) is 0. The Morgan fingerprint density at radius 3 is 2.20 bits per heavy atom. The molecule has 2 aliphatic heterocycles. The van der Waals surface area contributed by atoms with Gasteiger partial charge in [0.25, 0.3) is 0 Å². The van der Waals surface area contributed by atoms with Crippen LogP contribution in [0, 0.1) is 0 Å². The third kappa shape index (κ3) is 2.73. The van der Waals surface area contributed by atoms with Crippen molar-refractivity contribution in [1.29, 1.82) is 0 Å². The number of para-hydroxylation sites is 3. The molecule has 0 aliphatic carbocycles. The maximum atomic E-state index is 6.64. The molecule has 5 aromatic carbocycles. The van der Waals surface area contributed by atoms with Crippen LogP contribution in [0.2, 0.25) is 0 Å². The summed E-state index contributed by atoms with van der Waals surface area (Å²) in [7, 11) is -0.293. The second kappa shape index (κ2) is 7.58. The minimum Gasteiger partial charge on any atom is -0.536 e. The second-order valence-corrected chi connectivity index (χ2v) is 10.8. The standard InChI is InChI=1S/C35H20BN3O2/c1-4-10-29-23(7-1)24-8-2-5-11-30(24)38(29)21-13-14-31-26(17-21)22-15-16-37-20-28(22)36-39(31)32-18-27-25-9-3-6-12-33(25)40-34(27)19-35(32)41-36/h1-20H. The average Bonchev–Trinajstić information content (AvgIpc) is 3.69. The molecule has 0 fully saturated rings. The predicted molar refractivity (Wildman–Crippen MR) is 166 cm³/mol. The minimum atomic E-state index is -0.293. The fourth-order valence-corrected chi connectivity index (χ4v) is 6.92. The molecule has 41 heavy (non-hydrogen) atoms. The van der Waals surface area contributed by atoms with Crippen LogP contribution in [-0.2, 0) is 0 Å². The van der Waals surface area contributed by atoms with Gasteiger partial charge in [-0.1, -0.05) is 54.6 Å². The summed E-state index contributed by atoms with van der Waals surface area (Å²) in [6.07, 6.45) is 3.81. The number of aromatic nitrogens is 2. The van der Waals surface area contributed by atoms with E-state index in [1.807, 2.05) is 30.6 Å². The molecule has 0 saturated heterocycles. The lowest BCUT2D eigenvalue weighted by molar-refractivity contribution is 0.599. The topological polar surface area (TPSA) is 43.4 Å². The predicted octanol–water partition coefficient (Wildman–Crippen LogP) is 7.98. The van der Waals surface area contributed by atoms with Gasteiger partial charge < -0.3 is 18.4 Å². The number of nitrogens with zero attached hydrogens (tertiary/aromatic N) is 3. The van der Waals surface area contributed by atoms with E-state index in [0.717, 1.165) is 61.3 Å². The summed E-state index contributed by atoms with van der Waals surface area (Å²) in [5.41, 5.74) is 10.7. The second-order valence-electron chi connectivity index (χ2n) is 10.8. The SMILES string of the molecule is c1ccc2c(c1)oc1cc3c(cc12)N1B(O3)c2cnccc2-c2cc(-n3c4ccccc4c4ccccc43)ccc21. The van der Waals surface area contributed by atoms with Gasteiger partial charge >= 0.3 is 7.05 Å². The molecule has 5 heterocycles. The monoisotopic (exact) mass is 525 g/mol. The molecule has 0 bridgehead atoms. The fourth-order valence-electron chi connectivity index (χ4n) is 6.92. The lowest BCUT2D eigenvalue weighted by Gasteiger charge is -2.31. The molecule has 0 spiro atoms. The Morgan fingerprint density at radius 1 is 0.610 bits per heavy atom. The molecule has 2 aliphatic rings. The third-order valence-electron chi connectivity index (χ3n) is 8.68. The number of anilines is 2. The third-order valence-corrected chi connectivity index (χ3v) is 8.68. The van der Waals surface area contributed by atoms with Gasteiger partial charge in [0, 0.05) is 62.4 Å². The van der Waals surface area contributed by atoms with E-state index in [0.29, 0.717) is 0 Å². The van der Waals surface area contributed by atoms with Gasteiger partial charge in [0.05, 0.1) is 16.7 Å². The quantitative estimate of drug-likeness (QED) is 0.204. The zero-order valence-corrected chi connectivity index (χ0v) is 21.8. The maximum absolute atomic E-state index is 6.64. The molecule has 3 aromatic heterocycles. The molecular weight excluding hydrogens is 505 g/mol. The van der Waals surface area contributed by atoms with Crippen LogP contribution in [0.15, 0.2) is 126 Å². The number of furan rings is 1. The summed E-state index contributed by atoms with van der Waals surface area (Å²) >= 11 is 0. The molecule has 0 saturated carbocycles. The molecule has 0 radical (unpaired) electrons. The van der Waals surface area contributed by atoms with Crippen molar-refractivity contribution in [1.82, 2.24) is 9.55 Å². The van der Waals surface area contributed by atoms with Crippen LogP contribution in [0.5, 0.6) is 5.75 Å². The number of pyridine rings is 1. The average molecular weight is 525 g/mol. The molecule has 0 N–H and O–H groups in total. The van der Waals surface area contributed by atoms with Crippen molar-refractivity contribution in [2.45, 2.75) is 0 Å². The summed E-state index contributed by atoms with van der Waals surface area (Å²) in [6, 6.07) is 38.6. The molecule has 8 aromatic rings. The van der Waals surface area contributed by atoms with E-state index in [9.17, 15) is 0 Å². The van der Waals surface area contributed by atoms with Crippen LogP contribution in [0.25, 0.3) is 60.6 Å². The van der Waals surface area contributed by atoms with Crippen molar-refractivity contribution < 1.29 is 9.07 Å². The highest BCUT2D eigenvalue weighted by Gasteiger charge is 2.45. The Bertz CT molecular complexity index is 2330. The van der Waals surface area contributed by atoms with Gasteiger partial charge in [-0.05, 0) is 54.1 Å². The van der Waals surface area contributed by atoms with E-state index in [4.69, 9.17) is 9.07 Å². The Kier molecular flexibility index (Phi) is 3.95. The summed E-state index contributed by atoms with van der Waals surface area (Å²) < 4.78 is 15.2. The number of fused-ring (bicyclic) bond motifs is 14. The normalized spacial score (nSPS) is 13.5. The highest BCUT2D eigenvalue weighted by Crippen LogP contribution is 2.50. The lowest BCUT2D eigenvalue weighted by Crippen LogP contribution is -2.50. The number of rotatable bonds is 1. The Morgan fingerprint density at radius 2 is 1.37 bits per heavy atom. The van der Waals surface area contributed by atoms with Gasteiger partial charge in [0.1, 0.15) is 16.9 Å². The molecule has 10 rings (SSSR count). The Labute approximate surface area is 235 Å². The van der Waals surface area contributed by atoms with Crippen LogP contribution in [0.4, 0.5) is 11.4 Å². The largest absolute Gasteiger partial charge is 0.536 e. The Hall–Kier alpha value is -5.49. The number of hydrogen-bond acceptors (Lipinski definition) is 4. The van der Waals surface area contributed by atoms with Gasteiger partial charge in [-0.15, -0.1) is 0 Å². The van der Waals surface area contributed by atoms with Crippen LogP contribution in [0.3, 0.4) is 0 Å². The zero-order valence-electron chi connectivity index (χ0n) is 21.8. The van der Waals surface area contributed by atoms with Crippen LogP contribution in [0.1, 0.15) is 0 Å². The van der Waals surface area contributed by atoms with E-state index in [-0.39, 0.29) is 7.05 Å². The molecule has 6 heteroatoms. The van der Waals surface area contributed by atoms with Crippen molar-refractivity contribution in [2.75, 3.05) is 4.81 Å². The maximum Gasteiger partial charge on any atom is 0.526 e. The fraction of sp³-hybridized carbons (Fsp3) is 0. The summed E-state index contributed by atoms with van der Waals surface area (Å²) in [5, 5.41) is 4.70. The van der Waals surface area contributed by atoms with E-state index >= 15 is 0 Å². The van der Waals surface area contributed by atoms with E-state index in [1.54, 1.807) is 0 Å². The Balaban J connectivity index is 1.23. The van der Waals surface area contributed by atoms with Crippen molar-refractivity contribution >= 4 is 67.6 Å². The zero-order chi connectivity index (χ0) is 26.7. The highest BCUT2D eigenvalue weighted by molar-refractivity contribution is 6.77. The van der Waals surface area contributed by atoms with Crippen LogP contribution < -0.4 is 14.9 Å². The van der Waals surface area contributed by atoms with Crippen molar-refractivity contribution in [3.63, 3.8) is 0 Å². The molecule has 0 unspecified atom stereocenters. The molecular formula is C35H20BN3O2. The lowest BCUT2D eigenvalue weighted by atomic mass is 9.65. The number of hydrogen-bond donors (Lipinski definition) is 0. The van der Waals surface area contributed by atoms with E-state index in [1.165, 1.54) is 21.8 Å². The first-order chi connectivity index (χ1) is 20.3. The van der Waals surface area contributed by atoms with E-state index < -0.39 is 0 Å². The first-order valence-corrected chi connectivity index (χ1v) is 13.8. The van der Waals surface area contributed by atoms with Gasteiger partial charge in [0.15, 0.2) is 0 Å². The van der Waals surface area contributed by atoms with Crippen LogP contribution >= 0.6 is 0 Å². The first-order valence-electron chi connectivity index (χ1n) is 13.8. The van der Waals surface area contributed by atoms with Gasteiger partial charge in [-0.25, -0.2) is 0 Å². The summed E-state index contributed by atoms with van der Waals surface area (Å²) in [4.78, 5) is 6.82. The van der Waals surface area contributed by atoms with Gasteiger partial charge in [0.2, 0.25) is 0 Å². The molecule has 190 valence electrons. The van der Waals surface area contributed by atoms with Crippen molar-refractivity contribution in [3.05, 3.63) is 122 Å². The van der Waals surface area contributed by atoms with Crippen molar-refractivity contribution in [2.24, 2.45) is 0 Å². The first kappa shape index (κ1) is 21.4. The van der Waals surface area contributed by atoms with Crippen LogP contribution in [-0.4, -0.2) is 16.6 Å². The summed E-state index contributed by atoms with van der Waals surface area (Å²) in [5.74, 6) is 0.815. The molecule has 0 atom stereocenters. The molecule has 5 nitrogen and oxygen atoms in total.